The van der Waals surface area contributed by atoms with Crippen LogP contribution in [0.1, 0.15) is 49.9 Å². The van der Waals surface area contributed by atoms with Gasteiger partial charge in [0.2, 0.25) is 0 Å². The van der Waals surface area contributed by atoms with E-state index in [-0.39, 0.29) is 12.0 Å². The smallest absolute Gasteiger partial charge is 0.343 e. The highest BCUT2D eigenvalue weighted by molar-refractivity contribution is 5.81. The minimum absolute atomic E-state index is 0.0714. The molecule has 0 radical (unpaired) electrons. The summed E-state index contributed by atoms with van der Waals surface area (Å²) in [5, 5.41) is 11.6. The molecule has 4 rings (SSSR count). The van der Waals surface area contributed by atoms with E-state index in [1.807, 2.05) is 36.4 Å². The average molecular weight is 425 g/mol. The number of aliphatic hydroxyl groups is 1. The van der Waals surface area contributed by atoms with Gasteiger partial charge in [0.15, 0.2) is 5.60 Å². The summed E-state index contributed by atoms with van der Waals surface area (Å²) in [5.41, 5.74) is -0.885. The second-order valence-corrected chi connectivity index (χ2v) is 9.42. The number of carbonyl (C=O) groups excluding carboxylic acids is 1. The van der Waals surface area contributed by atoms with Gasteiger partial charge in [0, 0.05) is 31.2 Å². The number of piperidine rings is 1. The zero-order valence-corrected chi connectivity index (χ0v) is 18.4. The number of likely N-dealkylation sites (tertiary alicyclic amines) is 1. The van der Waals surface area contributed by atoms with Crippen LogP contribution in [0.5, 0.6) is 0 Å². The minimum Gasteiger partial charge on any atom is -0.460 e. The molecule has 1 saturated heterocycles. The minimum atomic E-state index is -1.54. The van der Waals surface area contributed by atoms with Gasteiger partial charge in [0.25, 0.3) is 0 Å². The Kier molecular flexibility index (Phi) is 6.68. The SMILES string of the molecule is C[N+]1(CCc2ncccn2)CCC(OC(=O)C(O)(c2ccccc2)C2CCCC2)CC1. The molecule has 1 aromatic carbocycles. The molecule has 1 aromatic heterocycles. The van der Waals surface area contributed by atoms with Crippen LogP contribution in [0.4, 0.5) is 0 Å². The number of benzene rings is 1. The predicted molar refractivity (Wildman–Crippen MR) is 118 cm³/mol. The molecule has 0 bridgehead atoms. The molecule has 2 aliphatic rings. The Morgan fingerprint density at radius 3 is 2.35 bits per heavy atom. The van der Waals surface area contributed by atoms with Crippen molar-refractivity contribution in [3.05, 3.63) is 60.2 Å². The van der Waals surface area contributed by atoms with Crippen molar-refractivity contribution in [1.82, 2.24) is 9.97 Å². The number of quaternary nitrogens is 1. The second kappa shape index (κ2) is 9.45. The van der Waals surface area contributed by atoms with Gasteiger partial charge in [-0.15, -0.1) is 0 Å². The molecule has 6 heteroatoms. The van der Waals surface area contributed by atoms with Crippen LogP contribution in [0.15, 0.2) is 48.8 Å². The molecule has 1 saturated carbocycles. The molecule has 1 aliphatic heterocycles. The Morgan fingerprint density at radius 1 is 1.06 bits per heavy atom. The van der Waals surface area contributed by atoms with E-state index < -0.39 is 11.6 Å². The van der Waals surface area contributed by atoms with Gasteiger partial charge in [-0.2, -0.15) is 0 Å². The molecule has 166 valence electrons. The Balaban J connectivity index is 1.37. The fourth-order valence-electron chi connectivity index (χ4n) is 5.14. The summed E-state index contributed by atoms with van der Waals surface area (Å²) in [6.45, 7) is 2.86. The largest absolute Gasteiger partial charge is 0.460 e. The quantitative estimate of drug-likeness (QED) is 0.546. The second-order valence-electron chi connectivity index (χ2n) is 9.42. The first-order chi connectivity index (χ1) is 15.0. The van der Waals surface area contributed by atoms with Gasteiger partial charge >= 0.3 is 5.97 Å². The van der Waals surface area contributed by atoms with E-state index in [0.717, 1.165) is 74.9 Å². The highest BCUT2D eigenvalue weighted by atomic mass is 16.6. The molecule has 1 aliphatic carbocycles. The number of ether oxygens (including phenoxy) is 1. The van der Waals surface area contributed by atoms with Crippen LogP contribution in [0.2, 0.25) is 0 Å². The third kappa shape index (κ3) is 4.96. The zero-order chi connectivity index (χ0) is 21.7. The monoisotopic (exact) mass is 424 g/mol. The molecule has 2 fully saturated rings. The molecule has 2 heterocycles. The van der Waals surface area contributed by atoms with Gasteiger partial charge in [-0.1, -0.05) is 43.2 Å². The summed E-state index contributed by atoms with van der Waals surface area (Å²) in [6, 6.07) is 11.2. The van der Waals surface area contributed by atoms with Crippen LogP contribution in [0.3, 0.4) is 0 Å². The van der Waals surface area contributed by atoms with Crippen LogP contribution in [-0.2, 0) is 21.6 Å². The first kappa shape index (κ1) is 21.9. The predicted octanol–water partition coefficient (Wildman–Crippen LogP) is 3.25. The van der Waals surface area contributed by atoms with Crippen LogP contribution < -0.4 is 0 Å². The van der Waals surface area contributed by atoms with Crippen molar-refractivity contribution < 1.29 is 19.1 Å². The average Bonchev–Trinajstić information content (AvgIpc) is 3.36. The molecule has 0 amide bonds. The van der Waals surface area contributed by atoms with Gasteiger partial charge in [-0.3, -0.25) is 0 Å². The van der Waals surface area contributed by atoms with Gasteiger partial charge in [-0.05, 0) is 24.5 Å². The third-order valence-corrected chi connectivity index (χ3v) is 7.22. The molecule has 2 aromatic rings. The molecular weight excluding hydrogens is 390 g/mol. The van der Waals surface area contributed by atoms with Crippen molar-refractivity contribution in [3.63, 3.8) is 0 Å². The van der Waals surface area contributed by atoms with Crippen molar-refractivity contribution in [3.8, 4) is 0 Å². The highest BCUT2D eigenvalue weighted by Crippen LogP contribution is 2.42. The summed E-state index contributed by atoms with van der Waals surface area (Å²) in [5.74, 6) is 0.335. The summed E-state index contributed by atoms with van der Waals surface area (Å²) < 4.78 is 6.88. The number of hydrogen-bond acceptors (Lipinski definition) is 5. The van der Waals surface area contributed by atoms with Gasteiger partial charge in [-0.25, -0.2) is 14.8 Å². The number of aromatic nitrogens is 2. The van der Waals surface area contributed by atoms with Crippen LogP contribution in [0, 0.1) is 5.92 Å². The maximum atomic E-state index is 13.3. The number of likely N-dealkylation sites (N-methyl/N-ethyl adjacent to an activating group) is 1. The van der Waals surface area contributed by atoms with Crippen molar-refractivity contribution in [2.24, 2.45) is 5.92 Å². The maximum Gasteiger partial charge on any atom is 0.343 e. The number of esters is 1. The number of hydrogen-bond donors (Lipinski definition) is 1. The van der Waals surface area contributed by atoms with Crippen molar-refractivity contribution in [2.45, 2.75) is 56.7 Å². The Bertz CT molecular complexity index is 847. The van der Waals surface area contributed by atoms with Gasteiger partial charge < -0.3 is 14.3 Å². The van der Waals surface area contributed by atoms with E-state index >= 15 is 0 Å². The lowest BCUT2D eigenvalue weighted by molar-refractivity contribution is -0.914. The van der Waals surface area contributed by atoms with E-state index in [0.29, 0.717) is 5.56 Å². The fourth-order valence-corrected chi connectivity index (χ4v) is 5.14. The first-order valence-electron chi connectivity index (χ1n) is 11.6. The van der Waals surface area contributed by atoms with Crippen molar-refractivity contribution in [1.29, 1.82) is 0 Å². The van der Waals surface area contributed by atoms with E-state index in [1.54, 1.807) is 12.4 Å². The number of rotatable bonds is 7. The van der Waals surface area contributed by atoms with E-state index in [9.17, 15) is 9.90 Å². The van der Waals surface area contributed by atoms with Crippen molar-refractivity contribution in [2.75, 3.05) is 26.7 Å². The van der Waals surface area contributed by atoms with E-state index in [1.165, 1.54) is 0 Å². The number of carbonyl (C=O) groups is 1. The van der Waals surface area contributed by atoms with Gasteiger partial charge in [0.1, 0.15) is 11.9 Å². The molecular formula is C25H34N3O3+. The molecule has 31 heavy (non-hydrogen) atoms. The topological polar surface area (TPSA) is 72.3 Å². The standard InChI is InChI=1S/C25H34N3O3/c1-28(19-14-23-26-15-7-16-27-23)17-12-22(13-18-28)31-24(29)25(30,21-10-5-6-11-21)20-8-3-2-4-9-20/h2-4,7-9,15-16,21-22,30H,5-6,10-14,17-19H2,1H3/q+1. The summed E-state index contributed by atoms with van der Waals surface area (Å²) in [4.78, 5) is 21.9. The lowest BCUT2D eigenvalue weighted by Crippen LogP contribution is -2.53. The van der Waals surface area contributed by atoms with Crippen LogP contribution in [-0.4, -0.2) is 58.3 Å². The van der Waals surface area contributed by atoms with Crippen molar-refractivity contribution >= 4 is 5.97 Å². The van der Waals surface area contributed by atoms with Crippen LogP contribution in [0.25, 0.3) is 0 Å². The summed E-state index contributed by atoms with van der Waals surface area (Å²) in [6.07, 6.45) is 9.73. The van der Waals surface area contributed by atoms with Gasteiger partial charge in [0.05, 0.1) is 33.1 Å². The van der Waals surface area contributed by atoms with Crippen LogP contribution >= 0.6 is 0 Å². The fraction of sp³-hybridized carbons (Fsp3) is 0.560. The third-order valence-electron chi connectivity index (χ3n) is 7.22. The highest BCUT2D eigenvalue weighted by Gasteiger charge is 2.49. The molecule has 1 unspecified atom stereocenters. The lowest BCUT2D eigenvalue weighted by atomic mass is 9.80. The Hall–Kier alpha value is -2.31. The molecule has 0 spiro atoms. The van der Waals surface area contributed by atoms with E-state index in [2.05, 4.69) is 17.0 Å². The molecule has 1 N–H and O–H groups in total. The summed E-state index contributed by atoms with van der Waals surface area (Å²) >= 11 is 0. The normalized spacial score (nSPS) is 26.3. The first-order valence-corrected chi connectivity index (χ1v) is 11.6. The lowest BCUT2D eigenvalue weighted by Gasteiger charge is -2.41. The van der Waals surface area contributed by atoms with E-state index in [4.69, 9.17) is 4.74 Å². The Morgan fingerprint density at radius 2 is 1.71 bits per heavy atom. The molecule has 1 atom stereocenters. The zero-order valence-electron chi connectivity index (χ0n) is 18.4. The molecule has 6 nitrogen and oxygen atoms in total. The number of nitrogens with zero attached hydrogens (tertiary/aromatic N) is 3. The Labute approximate surface area is 184 Å². The maximum absolute atomic E-state index is 13.3. The summed E-state index contributed by atoms with van der Waals surface area (Å²) in [7, 11) is 2.25.